The van der Waals surface area contributed by atoms with Crippen LogP contribution in [0, 0.1) is 12.8 Å². The third kappa shape index (κ3) is 3.66. The van der Waals surface area contributed by atoms with Gasteiger partial charge in [0.2, 0.25) is 5.91 Å². The highest BCUT2D eigenvalue weighted by molar-refractivity contribution is 6.00. The summed E-state index contributed by atoms with van der Waals surface area (Å²) in [6.45, 7) is 2.49. The third-order valence-electron chi connectivity index (χ3n) is 6.90. The predicted molar refractivity (Wildman–Crippen MR) is 125 cm³/mol. The Bertz CT molecular complexity index is 1150. The molecule has 0 atom stereocenters. The van der Waals surface area contributed by atoms with Gasteiger partial charge < -0.3 is 19.5 Å². The van der Waals surface area contributed by atoms with Gasteiger partial charge in [0, 0.05) is 37.4 Å². The maximum absolute atomic E-state index is 13.8. The summed E-state index contributed by atoms with van der Waals surface area (Å²) in [4.78, 5) is 24.7. The molecule has 0 radical (unpaired) electrons. The second-order valence-corrected chi connectivity index (χ2v) is 8.75. The van der Waals surface area contributed by atoms with Crippen molar-refractivity contribution in [3.63, 3.8) is 0 Å². The van der Waals surface area contributed by atoms with Crippen molar-refractivity contribution in [1.82, 2.24) is 14.5 Å². The lowest BCUT2D eigenvalue weighted by Crippen LogP contribution is -2.38. The summed E-state index contributed by atoms with van der Waals surface area (Å²) in [7, 11) is 3.77. The van der Waals surface area contributed by atoms with Crippen molar-refractivity contribution in [3.05, 3.63) is 54.1 Å². The molecule has 0 unspecified atom stereocenters. The van der Waals surface area contributed by atoms with Crippen molar-refractivity contribution in [2.45, 2.75) is 45.3 Å². The Labute approximate surface area is 188 Å². The van der Waals surface area contributed by atoms with Crippen LogP contribution in [0.5, 0.6) is 0 Å². The number of methoxy groups -OCH3 is 1. The summed E-state index contributed by atoms with van der Waals surface area (Å²) in [5, 5.41) is 3.46. The number of pyridine rings is 1. The van der Waals surface area contributed by atoms with E-state index in [1.165, 1.54) is 0 Å². The van der Waals surface area contributed by atoms with Crippen molar-refractivity contribution >= 4 is 23.1 Å². The molecule has 0 spiro atoms. The van der Waals surface area contributed by atoms with Crippen LogP contribution in [0.3, 0.4) is 0 Å². The standard InChI is InChI=1S/C25H29N5O2/c1-16-27-14-23(29(16)2)18-8-11-21-22(13-18)30(15-19-5-4-12-26-24(19)28-21)25(31)17-6-9-20(32-3)10-7-17/h4-5,8,11-14,17,20H,6-7,9-10,15H2,1-3H3,(H,26,28)/t17-,20-. The number of hydrogen-bond donors (Lipinski definition) is 1. The fourth-order valence-electron chi connectivity index (χ4n) is 4.81. The van der Waals surface area contributed by atoms with Gasteiger partial charge in [-0.15, -0.1) is 0 Å². The minimum Gasteiger partial charge on any atom is -0.381 e. The van der Waals surface area contributed by atoms with Gasteiger partial charge in [-0.3, -0.25) is 4.79 Å². The Hall–Kier alpha value is -3.19. The molecule has 1 aliphatic heterocycles. The van der Waals surface area contributed by atoms with Crippen LogP contribution in [-0.2, 0) is 23.1 Å². The maximum Gasteiger partial charge on any atom is 0.230 e. The van der Waals surface area contributed by atoms with E-state index in [0.717, 1.165) is 65.5 Å². The zero-order valence-electron chi connectivity index (χ0n) is 18.8. The van der Waals surface area contributed by atoms with Crippen LogP contribution < -0.4 is 10.2 Å². The Morgan fingerprint density at radius 3 is 2.69 bits per heavy atom. The second kappa shape index (κ2) is 8.39. The molecule has 166 valence electrons. The minimum absolute atomic E-state index is 0.00933. The Morgan fingerprint density at radius 1 is 1.16 bits per heavy atom. The van der Waals surface area contributed by atoms with Crippen molar-refractivity contribution < 1.29 is 9.53 Å². The largest absolute Gasteiger partial charge is 0.381 e. The number of ether oxygens (including phenoxy) is 1. The zero-order chi connectivity index (χ0) is 22.2. The first kappa shape index (κ1) is 20.7. The highest BCUT2D eigenvalue weighted by Crippen LogP contribution is 2.40. The van der Waals surface area contributed by atoms with Gasteiger partial charge in [-0.05, 0) is 50.8 Å². The number of amides is 1. The van der Waals surface area contributed by atoms with Gasteiger partial charge in [-0.1, -0.05) is 12.1 Å². The number of nitrogens with one attached hydrogen (secondary N) is 1. The zero-order valence-corrected chi connectivity index (χ0v) is 18.8. The minimum atomic E-state index is 0.00933. The molecule has 3 heterocycles. The van der Waals surface area contributed by atoms with Gasteiger partial charge in [0.15, 0.2) is 0 Å². The van der Waals surface area contributed by atoms with Crippen molar-refractivity contribution in [2.75, 3.05) is 17.3 Å². The molecule has 32 heavy (non-hydrogen) atoms. The second-order valence-electron chi connectivity index (χ2n) is 8.75. The van der Waals surface area contributed by atoms with E-state index in [9.17, 15) is 4.79 Å². The van der Waals surface area contributed by atoms with E-state index in [-0.39, 0.29) is 17.9 Å². The van der Waals surface area contributed by atoms with Crippen LogP contribution in [0.4, 0.5) is 17.2 Å². The first-order valence-corrected chi connectivity index (χ1v) is 11.2. The number of aromatic nitrogens is 3. The molecule has 1 N–H and O–H groups in total. The number of imidazole rings is 1. The molecule has 3 aromatic rings. The number of carbonyl (C=O) groups excluding carboxylic acids is 1. The van der Waals surface area contributed by atoms with Crippen LogP contribution in [-0.4, -0.2) is 33.7 Å². The Morgan fingerprint density at radius 2 is 1.97 bits per heavy atom. The number of aryl methyl sites for hydroxylation is 1. The molecule has 1 aromatic carbocycles. The van der Waals surface area contributed by atoms with Gasteiger partial charge >= 0.3 is 0 Å². The van der Waals surface area contributed by atoms with Gasteiger partial charge in [-0.2, -0.15) is 0 Å². The number of benzene rings is 1. The summed E-state index contributed by atoms with van der Waals surface area (Å²) in [5.74, 6) is 1.94. The molecule has 1 amide bonds. The molecule has 2 aliphatic rings. The normalized spacial score (nSPS) is 20.2. The molecule has 7 nitrogen and oxygen atoms in total. The molecule has 1 saturated carbocycles. The average molecular weight is 432 g/mol. The monoisotopic (exact) mass is 431 g/mol. The highest BCUT2D eigenvalue weighted by Gasteiger charge is 2.33. The van der Waals surface area contributed by atoms with Crippen LogP contribution >= 0.6 is 0 Å². The SMILES string of the molecule is CO[C@H]1CC[C@H](C(=O)N2Cc3cccnc3Nc3ccc(-c4cnc(C)n4C)cc32)CC1. The Balaban J connectivity index is 1.55. The van der Waals surface area contributed by atoms with Crippen LogP contribution in [0.25, 0.3) is 11.3 Å². The molecule has 2 aromatic heterocycles. The lowest BCUT2D eigenvalue weighted by atomic mass is 9.86. The first-order valence-electron chi connectivity index (χ1n) is 11.2. The predicted octanol–water partition coefficient (Wildman–Crippen LogP) is 4.59. The molecule has 5 rings (SSSR count). The lowest BCUT2D eigenvalue weighted by molar-refractivity contribution is -0.124. The van der Waals surface area contributed by atoms with Gasteiger partial charge in [0.1, 0.15) is 11.6 Å². The Kier molecular flexibility index (Phi) is 5.43. The van der Waals surface area contributed by atoms with E-state index in [4.69, 9.17) is 4.74 Å². The van der Waals surface area contributed by atoms with Gasteiger partial charge in [-0.25, -0.2) is 9.97 Å². The summed E-state index contributed by atoms with van der Waals surface area (Å²) < 4.78 is 7.58. The smallest absolute Gasteiger partial charge is 0.230 e. The number of anilines is 3. The number of carbonyl (C=O) groups is 1. The fourth-order valence-corrected chi connectivity index (χ4v) is 4.81. The lowest BCUT2D eigenvalue weighted by Gasteiger charge is -2.32. The number of nitrogens with zero attached hydrogens (tertiary/aromatic N) is 4. The average Bonchev–Trinajstić information content (AvgIpc) is 3.07. The van der Waals surface area contributed by atoms with Crippen molar-refractivity contribution in [1.29, 1.82) is 0 Å². The molecule has 1 aliphatic carbocycles. The molecule has 0 bridgehead atoms. The van der Waals surface area contributed by atoms with E-state index >= 15 is 0 Å². The summed E-state index contributed by atoms with van der Waals surface area (Å²) in [6, 6.07) is 10.2. The first-order chi connectivity index (χ1) is 15.5. The quantitative estimate of drug-likeness (QED) is 0.657. The van der Waals surface area contributed by atoms with Gasteiger partial charge in [0.25, 0.3) is 0 Å². The van der Waals surface area contributed by atoms with Gasteiger partial charge in [0.05, 0.1) is 35.9 Å². The van der Waals surface area contributed by atoms with Crippen LogP contribution in [0.1, 0.15) is 37.1 Å². The highest BCUT2D eigenvalue weighted by atomic mass is 16.5. The molecular weight excluding hydrogens is 402 g/mol. The third-order valence-corrected chi connectivity index (χ3v) is 6.90. The number of rotatable bonds is 3. The van der Waals surface area contributed by atoms with E-state index in [1.54, 1.807) is 13.3 Å². The van der Waals surface area contributed by atoms with E-state index in [2.05, 4.69) is 32.0 Å². The molecule has 1 fully saturated rings. The van der Waals surface area contributed by atoms with Crippen LogP contribution in [0.2, 0.25) is 0 Å². The number of fused-ring (bicyclic) bond motifs is 2. The number of hydrogen-bond acceptors (Lipinski definition) is 5. The van der Waals surface area contributed by atoms with E-state index in [1.807, 2.05) is 43.3 Å². The van der Waals surface area contributed by atoms with E-state index in [0.29, 0.717) is 6.54 Å². The summed E-state index contributed by atoms with van der Waals surface area (Å²) >= 11 is 0. The molecular formula is C25H29N5O2. The fraction of sp³-hybridized carbons (Fsp3) is 0.400. The summed E-state index contributed by atoms with van der Waals surface area (Å²) in [5.41, 5.74) is 4.86. The maximum atomic E-state index is 13.8. The summed E-state index contributed by atoms with van der Waals surface area (Å²) in [6.07, 6.45) is 7.50. The molecule has 7 heteroatoms. The van der Waals surface area contributed by atoms with E-state index < -0.39 is 0 Å². The van der Waals surface area contributed by atoms with Crippen molar-refractivity contribution in [2.24, 2.45) is 13.0 Å². The van der Waals surface area contributed by atoms with Crippen LogP contribution in [0.15, 0.2) is 42.7 Å². The topological polar surface area (TPSA) is 72.3 Å². The van der Waals surface area contributed by atoms with Crippen molar-refractivity contribution in [3.8, 4) is 11.3 Å². The molecule has 0 saturated heterocycles.